The van der Waals surface area contributed by atoms with Crippen molar-refractivity contribution in [3.8, 4) is 0 Å². The molecule has 0 radical (unpaired) electrons. The average molecular weight is 241 g/mol. The predicted molar refractivity (Wildman–Crippen MR) is 74.8 cm³/mol. The second-order valence-corrected chi connectivity index (χ2v) is 4.47. The Balaban J connectivity index is 2.06. The molecule has 1 aromatic carbocycles. The van der Waals surface area contributed by atoms with Gasteiger partial charge in [0, 0.05) is 12.6 Å². The molecule has 1 saturated heterocycles. The van der Waals surface area contributed by atoms with Gasteiger partial charge in [-0.2, -0.15) is 0 Å². The van der Waals surface area contributed by atoms with E-state index in [-0.39, 0.29) is 11.9 Å². The number of nitrogens with zero attached hydrogens (tertiary/aromatic N) is 1. The van der Waals surface area contributed by atoms with Gasteiger partial charge < -0.3 is 4.90 Å². The van der Waals surface area contributed by atoms with E-state index in [4.69, 9.17) is 0 Å². The topological polar surface area (TPSA) is 20.3 Å². The fourth-order valence-electron chi connectivity index (χ4n) is 2.11. The molecule has 0 spiro atoms. The SMILES string of the molecule is CC/C=C/N1C(=O)CC[C@H]1/C=C/c1ccccc1. The Morgan fingerprint density at radius 2 is 2.11 bits per heavy atom. The first kappa shape index (κ1) is 12.6. The maximum atomic E-state index is 11.7. The number of carbonyl (C=O) groups excluding carboxylic acids is 1. The van der Waals surface area contributed by atoms with Gasteiger partial charge >= 0.3 is 0 Å². The van der Waals surface area contributed by atoms with Gasteiger partial charge in [0.15, 0.2) is 0 Å². The van der Waals surface area contributed by atoms with Gasteiger partial charge in [0.2, 0.25) is 5.91 Å². The van der Waals surface area contributed by atoms with Crippen molar-refractivity contribution in [1.82, 2.24) is 4.90 Å². The van der Waals surface area contributed by atoms with E-state index in [0.29, 0.717) is 6.42 Å². The van der Waals surface area contributed by atoms with Crippen LogP contribution in [0.4, 0.5) is 0 Å². The highest BCUT2D eigenvalue weighted by atomic mass is 16.2. The first-order chi connectivity index (χ1) is 8.81. The summed E-state index contributed by atoms with van der Waals surface area (Å²) in [5.74, 6) is 0.224. The molecular formula is C16H19NO. The number of amides is 1. The van der Waals surface area contributed by atoms with Crippen molar-refractivity contribution < 1.29 is 4.79 Å². The zero-order chi connectivity index (χ0) is 12.8. The van der Waals surface area contributed by atoms with Gasteiger partial charge in [0.25, 0.3) is 0 Å². The second kappa shape index (κ2) is 6.20. The van der Waals surface area contributed by atoms with Crippen molar-refractivity contribution in [3.05, 3.63) is 54.2 Å². The quantitative estimate of drug-likeness (QED) is 0.788. The normalized spacial score (nSPS) is 20.4. The number of hydrogen-bond acceptors (Lipinski definition) is 1. The first-order valence-corrected chi connectivity index (χ1v) is 6.52. The molecule has 0 aliphatic carbocycles. The summed E-state index contributed by atoms with van der Waals surface area (Å²) in [6.07, 6.45) is 10.7. The molecule has 2 rings (SSSR count). The van der Waals surface area contributed by atoms with Crippen molar-refractivity contribution >= 4 is 12.0 Å². The van der Waals surface area contributed by atoms with Crippen molar-refractivity contribution in [3.63, 3.8) is 0 Å². The molecule has 94 valence electrons. The Bertz CT molecular complexity index is 447. The highest BCUT2D eigenvalue weighted by Crippen LogP contribution is 2.21. The Labute approximate surface area is 109 Å². The summed E-state index contributed by atoms with van der Waals surface area (Å²) in [6.45, 7) is 2.08. The van der Waals surface area contributed by atoms with Gasteiger partial charge in [-0.25, -0.2) is 0 Å². The maximum Gasteiger partial charge on any atom is 0.227 e. The van der Waals surface area contributed by atoms with Crippen molar-refractivity contribution in [2.24, 2.45) is 0 Å². The summed E-state index contributed by atoms with van der Waals surface area (Å²) >= 11 is 0. The van der Waals surface area contributed by atoms with E-state index in [9.17, 15) is 4.79 Å². The van der Waals surface area contributed by atoms with E-state index < -0.39 is 0 Å². The first-order valence-electron chi connectivity index (χ1n) is 6.52. The molecule has 18 heavy (non-hydrogen) atoms. The summed E-state index contributed by atoms with van der Waals surface area (Å²) in [6, 6.07) is 10.4. The molecular weight excluding hydrogens is 222 g/mol. The zero-order valence-electron chi connectivity index (χ0n) is 10.8. The lowest BCUT2D eigenvalue weighted by Crippen LogP contribution is -2.25. The second-order valence-electron chi connectivity index (χ2n) is 4.47. The van der Waals surface area contributed by atoms with Crippen LogP contribution < -0.4 is 0 Å². The fourth-order valence-corrected chi connectivity index (χ4v) is 2.11. The lowest BCUT2D eigenvalue weighted by Gasteiger charge is -2.17. The number of carbonyl (C=O) groups is 1. The molecule has 1 aliphatic heterocycles. The third kappa shape index (κ3) is 3.10. The lowest BCUT2D eigenvalue weighted by molar-refractivity contribution is -0.126. The van der Waals surface area contributed by atoms with Gasteiger partial charge in [0.1, 0.15) is 0 Å². The van der Waals surface area contributed by atoms with Crippen molar-refractivity contribution in [2.75, 3.05) is 0 Å². The van der Waals surface area contributed by atoms with Crippen molar-refractivity contribution in [2.45, 2.75) is 32.2 Å². The molecule has 1 heterocycles. The van der Waals surface area contributed by atoms with Crippen LogP contribution in [-0.4, -0.2) is 16.8 Å². The van der Waals surface area contributed by atoms with Crippen LogP contribution in [0, 0.1) is 0 Å². The van der Waals surface area contributed by atoms with Crippen LogP contribution in [0.15, 0.2) is 48.7 Å². The van der Waals surface area contributed by atoms with E-state index in [2.05, 4.69) is 31.2 Å². The zero-order valence-corrected chi connectivity index (χ0v) is 10.8. The molecule has 2 nitrogen and oxygen atoms in total. The number of rotatable bonds is 4. The fraction of sp³-hybridized carbons (Fsp3) is 0.312. The van der Waals surface area contributed by atoms with Gasteiger partial charge in [-0.05, 0) is 18.4 Å². The maximum absolute atomic E-state index is 11.7. The van der Waals surface area contributed by atoms with Crippen LogP contribution in [0.5, 0.6) is 0 Å². The highest BCUT2D eigenvalue weighted by Gasteiger charge is 2.26. The molecule has 1 atom stereocenters. The molecule has 1 fully saturated rings. The smallest absolute Gasteiger partial charge is 0.227 e. The molecule has 0 N–H and O–H groups in total. The van der Waals surface area contributed by atoms with E-state index in [1.807, 2.05) is 35.4 Å². The predicted octanol–water partition coefficient (Wildman–Crippen LogP) is 3.61. The van der Waals surface area contributed by atoms with E-state index in [1.165, 1.54) is 5.56 Å². The summed E-state index contributed by atoms with van der Waals surface area (Å²) in [5, 5.41) is 0. The minimum absolute atomic E-state index is 0.209. The number of allylic oxidation sites excluding steroid dienone is 1. The van der Waals surface area contributed by atoms with E-state index in [1.54, 1.807) is 0 Å². The molecule has 0 saturated carbocycles. The van der Waals surface area contributed by atoms with Crippen LogP contribution in [0.3, 0.4) is 0 Å². The third-order valence-electron chi connectivity index (χ3n) is 3.11. The Kier molecular flexibility index (Phi) is 4.35. The van der Waals surface area contributed by atoms with Gasteiger partial charge in [0.05, 0.1) is 6.04 Å². The lowest BCUT2D eigenvalue weighted by atomic mass is 10.1. The van der Waals surface area contributed by atoms with Crippen LogP contribution in [-0.2, 0) is 4.79 Å². The standard InChI is InChI=1S/C16H19NO/c1-2-3-13-17-15(11-12-16(17)18)10-9-14-7-5-4-6-8-14/h3-10,13,15H,2,11-12H2,1H3/b10-9+,13-3+/t15-/m1/s1. The Morgan fingerprint density at radius 1 is 1.33 bits per heavy atom. The molecule has 1 aromatic rings. The molecule has 0 aromatic heterocycles. The largest absolute Gasteiger partial charge is 0.312 e. The number of hydrogen-bond donors (Lipinski definition) is 0. The van der Waals surface area contributed by atoms with Crippen LogP contribution in [0.1, 0.15) is 31.7 Å². The average Bonchev–Trinajstić information content (AvgIpc) is 2.76. The van der Waals surface area contributed by atoms with Crippen LogP contribution in [0.2, 0.25) is 0 Å². The highest BCUT2D eigenvalue weighted by molar-refractivity contribution is 5.80. The van der Waals surface area contributed by atoms with Crippen LogP contribution >= 0.6 is 0 Å². The molecule has 0 bridgehead atoms. The number of benzene rings is 1. The monoisotopic (exact) mass is 241 g/mol. The molecule has 2 heteroatoms. The van der Waals surface area contributed by atoms with Gasteiger partial charge in [-0.1, -0.05) is 55.5 Å². The minimum Gasteiger partial charge on any atom is -0.312 e. The van der Waals surface area contributed by atoms with E-state index >= 15 is 0 Å². The molecule has 1 amide bonds. The van der Waals surface area contributed by atoms with Crippen molar-refractivity contribution in [1.29, 1.82) is 0 Å². The Hall–Kier alpha value is -1.83. The summed E-state index contributed by atoms with van der Waals surface area (Å²) in [4.78, 5) is 13.6. The Morgan fingerprint density at radius 3 is 2.83 bits per heavy atom. The molecule has 1 aliphatic rings. The van der Waals surface area contributed by atoms with Crippen LogP contribution in [0.25, 0.3) is 6.08 Å². The minimum atomic E-state index is 0.209. The molecule has 0 unspecified atom stereocenters. The number of likely N-dealkylation sites (tertiary alicyclic amines) is 1. The van der Waals surface area contributed by atoms with E-state index in [0.717, 1.165) is 12.8 Å². The van der Waals surface area contributed by atoms with Gasteiger partial charge in [-0.3, -0.25) is 4.79 Å². The third-order valence-corrected chi connectivity index (χ3v) is 3.11. The summed E-state index contributed by atoms with van der Waals surface area (Å²) in [7, 11) is 0. The summed E-state index contributed by atoms with van der Waals surface area (Å²) < 4.78 is 0. The summed E-state index contributed by atoms with van der Waals surface area (Å²) in [5.41, 5.74) is 1.18. The van der Waals surface area contributed by atoms with Gasteiger partial charge in [-0.15, -0.1) is 0 Å².